The predicted molar refractivity (Wildman–Crippen MR) is 154 cm³/mol. The second kappa shape index (κ2) is 9.20. The summed E-state index contributed by atoms with van der Waals surface area (Å²) in [5.41, 5.74) is 13.7. The van der Waals surface area contributed by atoms with Crippen LogP contribution in [0.25, 0.3) is 32.9 Å². The Morgan fingerprint density at radius 2 is 1.98 bits per heavy atom. The van der Waals surface area contributed by atoms with Crippen molar-refractivity contribution in [3.63, 3.8) is 0 Å². The van der Waals surface area contributed by atoms with Gasteiger partial charge in [0.05, 0.1) is 30.8 Å². The molecule has 8 heteroatoms. The van der Waals surface area contributed by atoms with Crippen LogP contribution in [0, 0.1) is 13.8 Å². The zero-order valence-corrected chi connectivity index (χ0v) is 22.3. The van der Waals surface area contributed by atoms with E-state index in [1.165, 1.54) is 0 Å². The first-order valence-electron chi connectivity index (χ1n) is 13.4. The maximum absolute atomic E-state index is 13.4. The number of aryl methyl sites for hydroxylation is 1. The van der Waals surface area contributed by atoms with E-state index in [0.29, 0.717) is 25.3 Å². The maximum Gasteiger partial charge on any atom is 0.269 e. The second-order valence-corrected chi connectivity index (χ2v) is 10.6. The van der Waals surface area contributed by atoms with Gasteiger partial charge in [0, 0.05) is 46.3 Å². The van der Waals surface area contributed by atoms with E-state index < -0.39 is 5.91 Å². The standard InChI is InChI=1S/C32H28N4O4/c1-17-6-7-19-15-36(32(38)24(19)12-17)27-5-3-4-22(18(27)2)25-14-34-30(31(33)37)29-28(25)23-9-8-20(13-26(23)35-29)40-21-10-11-39-16-21/h3-9,12-14,21,35H,10-11,15-16H2,1-2H3,(H2,33,37). The average molecular weight is 533 g/mol. The highest BCUT2D eigenvalue weighted by Gasteiger charge is 2.30. The molecule has 0 bridgehead atoms. The van der Waals surface area contributed by atoms with Crippen LogP contribution in [0.3, 0.4) is 0 Å². The Morgan fingerprint density at radius 1 is 1.10 bits per heavy atom. The zero-order valence-electron chi connectivity index (χ0n) is 22.3. The quantitative estimate of drug-likeness (QED) is 0.314. The number of amides is 2. The van der Waals surface area contributed by atoms with Gasteiger partial charge in [-0.1, -0.05) is 29.8 Å². The molecule has 2 amide bonds. The van der Waals surface area contributed by atoms with Crippen molar-refractivity contribution in [1.29, 1.82) is 0 Å². The number of nitrogens with two attached hydrogens (primary N) is 1. The molecule has 2 aromatic heterocycles. The number of nitrogens with zero attached hydrogens (tertiary/aromatic N) is 2. The molecule has 0 spiro atoms. The van der Waals surface area contributed by atoms with Crippen LogP contribution in [0.15, 0.2) is 60.8 Å². The number of aromatic nitrogens is 2. The van der Waals surface area contributed by atoms with Crippen LogP contribution in [-0.2, 0) is 11.3 Å². The number of nitrogens with one attached hydrogen (secondary N) is 1. The molecule has 3 N–H and O–H groups in total. The summed E-state index contributed by atoms with van der Waals surface area (Å²) in [5.74, 6) is 0.118. The van der Waals surface area contributed by atoms with Crippen LogP contribution in [0.5, 0.6) is 5.75 Å². The SMILES string of the molecule is Cc1ccc2c(c1)C(=O)N(c1cccc(-c3cnc(C(N)=O)c4[nH]c5cc(OC6CCOC6)ccc5c34)c1C)C2. The summed E-state index contributed by atoms with van der Waals surface area (Å²) in [4.78, 5) is 35.4. The fourth-order valence-corrected chi connectivity index (χ4v) is 5.97. The summed E-state index contributed by atoms with van der Waals surface area (Å²) in [6.45, 7) is 5.81. The van der Waals surface area contributed by atoms with Gasteiger partial charge >= 0.3 is 0 Å². The van der Waals surface area contributed by atoms with E-state index in [2.05, 4.69) is 9.97 Å². The minimum Gasteiger partial charge on any atom is -0.488 e. The first-order valence-corrected chi connectivity index (χ1v) is 13.4. The van der Waals surface area contributed by atoms with Crippen molar-refractivity contribution in [3.05, 3.63) is 88.7 Å². The number of pyridine rings is 1. The Labute approximate surface area is 230 Å². The third-order valence-electron chi connectivity index (χ3n) is 7.98. The number of anilines is 1. The Balaban J connectivity index is 1.36. The van der Waals surface area contributed by atoms with Crippen LogP contribution in [-0.4, -0.2) is 41.1 Å². The van der Waals surface area contributed by atoms with Crippen molar-refractivity contribution < 1.29 is 19.1 Å². The summed E-state index contributed by atoms with van der Waals surface area (Å²) in [6.07, 6.45) is 2.57. The molecule has 40 heavy (non-hydrogen) atoms. The molecule has 2 aliphatic heterocycles. The highest BCUT2D eigenvalue weighted by molar-refractivity contribution is 6.19. The lowest BCUT2D eigenvalue weighted by Crippen LogP contribution is -2.24. The highest BCUT2D eigenvalue weighted by atomic mass is 16.5. The number of hydrogen-bond donors (Lipinski definition) is 2. The van der Waals surface area contributed by atoms with Crippen LogP contribution < -0.4 is 15.4 Å². The fraction of sp³-hybridized carbons (Fsp3) is 0.219. The van der Waals surface area contributed by atoms with E-state index in [-0.39, 0.29) is 17.7 Å². The smallest absolute Gasteiger partial charge is 0.269 e. The van der Waals surface area contributed by atoms with Crippen LogP contribution in [0.1, 0.15) is 44.0 Å². The normalized spacial score (nSPS) is 16.7. The van der Waals surface area contributed by atoms with E-state index in [0.717, 1.165) is 67.5 Å². The first-order chi connectivity index (χ1) is 19.4. The topological polar surface area (TPSA) is 111 Å². The molecule has 1 atom stereocenters. The molecule has 0 radical (unpaired) electrons. The van der Waals surface area contributed by atoms with E-state index in [9.17, 15) is 9.59 Å². The summed E-state index contributed by atoms with van der Waals surface area (Å²) in [5, 5.41) is 1.77. The van der Waals surface area contributed by atoms with Gasteiger partial charge in [-0.25, -0.2) is 4.98 Å². The molecular formula is C32H28N4O4. The number of H-pyrrole nitrogens is 1. The van der Waals surface area contributed by atoms with E-state index in [4.69, 9.17) is 15.2 Å². The summed E-state index contributed by atoms with van der Waals surface area (Å²) >= 11 is 0. The lowest BCUT2D eigenvalue weighted by atomic mass is 9.95. The van der Waals surface area contributed by atoms with Gasteiger partial charge in [0.2, 0.25) is 0 Å². The molecule has 0 saturated carbocycles. The third-order valence-corrected chi connectivity index (χ3v) is 7.98. The molecule has 1 unspecified atom stereocenters. The van der Waals surface area contributed by atoms with Gasteiger partial charge in [0.25, 0.3) is 11.8 Å². The van der Waals surface area contributed by atoms with Crippen molar-refractivity contribution in [2.75, 3.05) is 18.1 Å². The van der Waals surface area contributed by atoms with Gasteiger partial charge in [-0.2, -0.15) is 0 Å². The number of carbonyl (C=O) groups is 2. The Morgan fingerprint density at radius 3 is 2.77 bits per heavy atom. The lowest BCUT2D eigenvalue weighted by Gasteiger charge is -2.21. The van der Waals surface area contributed by atoms with Gasteiger partial charge in [-0.05, 0) is 54.8 Å². The van der Waals surface area contributed by atoms with Crippen molar-refractivity contribution in [2.45, 2.75) is 32.9 Å². The van der Waals surface area contributed by atoms with Crippen molar-refractivity contribution in [3.8, 4) is 16.9 Å². The number of aromatic amines is 1. The summed E-state index contributed by atoms with van der Waals surface area (Å²) in [6, 6.07) is 17.8. The van der Waals surface area contributed by atoms with Gasteiger partial charge in [-0.15, -0.1) is 0 Å². The molecule has 1 fully saturated rings. The Hall–Kier alpha value is -4.69. The van der Waals surface area contributed by atoms with E-state index in [1.54, 1.807) is 6.20 Å². The van der Waals surface area contributed by atoms with Crippen LogP contribution in [0.2, 0.25) is 0 Å². The van der Waals surface area contributed by atoms with E-state index in [1.807, 2.05) is 73.3 Å². The minimum absolute atomic E-state index is 0.00131. The Bertz CT molecular complexity index is 1850. The molecule has 200 valence electrons. The summed E-state index contributed by atoms with van der Waals surface area (Å²) < 4.78 is 11.6. The average Bonchev–Trinajstić information content (AvgIpc) is 3.66. The molecule has 7 rings (SSSR count). The minimum atomic E-state index is -0.608. The largest absolute Gasteiger partial charge is 0.488 e. The second-order valence-electron chi connectivity index (χ2n) is 10.6. The number of primary amides is 1. The number of carbonyl (C=O) groups excluding carboxylic acids is 2. The van der Waals surface area contributed by atoms with Gasteiger partial charge in [0.15, 0.2) is 5.69 Å². The fourth-order valence-electron chi connectivity index (χ4n) is 5.97. The monoisotopic (exact) mass is 532 g/mol. The number of rotatable bonds is 5. The number of hydrogen-bond acceptors (Lipinski definition) is 5. The molecule has 3 aromatic carbocycles. The molecule has 8 nitrogen and oxygen atoms in total. The van der Waals surface area contributed by atoms with Crippen molar-refractivity contribution in [1.82, 2.24) is 9.97 Å². The maximum atomic E-state index is 13.4. The van der Waals surface area contributed by atoms with Gasteiger partial charge < -0.3 is 25.1 Å². The van der Waals surface area contributed by atoms with Gasteiger partial charge in [-0.3, -0.25) is 9.59 Å². The van der Waals surface area contributed by atoms with Crippen molar-refractivity contribution >= 4 is 39.3 Å². The molecule has 2 aliphatic rings. The third kappa shape index (κ3) is 3.83. The predicted octanol–water partition coefficient (Wildman–Crippen LogP) is 5.43. The Kier molecular flexibility index (Phi) is 5.61. The molecule has 5 aromatic rings. The number of fused-ring (bicyclic) bond motifs is 4. The van der Waals surface area contributed by atoms with Crippen molar-refractivity contribution in [2.24, 2.45) is 5.73 Å². The molecule has 0 aliphatic carbocycles. The summed E-state index contributed by atoms with van der Waals surface area (Å²) in [7, 11) is 0. The number of benzene rings is 3. The van der Waals surface area contributed by atoms with Crippen LogP contribution >= 0.6 is 0 Å². The molecule has 4 heterocycles. The lowest BCUT2D eigenvalue weighted by molar-refractivity contribution is 0.0988. The number of ether oxygens (including phenoxy) is 2. The highest BCUT2D eigenvalue weighted by Crippen LogP contribution is 2.41. The zero-order chi connectivity index (χ0) is 27.5. The van der Waals surface area contributed by atoms with Gasteiger partial charge in [0.1, 0.15) is 11.9 Å². The molecule has 1 saturated heterocycles. The first kappa shape index (κ1) is 24.4. The molecular weight excluding hydrogens is 504 g/mol. The van der Waals surface area contributed by atoms with Crippen LogP contribution in [0.4, 0.5) is 5.69 Å². The van der Waals surface area contributed by atoms with E-state index >= 15 is 0 Å².